The molecule has 0 bridgehead atoms. The molecule has 6 heteroatoms. The van der Waals surface area contributed by atoms with Gasteiger partial charge in [-0.05, 0) is 29.8 Å². The Morgan fingerprint density at radius 3 is 2.38 bits per heavy atom. The number of carbonyl (C=O) groups excluding carboxylic acids is 2. The number of hydrogen-bond acceptors (Lipinski definition) is 6. The Morgan fingerprint density at radius 1 is 1.03 bits per heavy atom. The molecule has 2 aromatic rings. The van der Waals surface area contributed by atoms with Gasteiger partial charge in [-0.25, -0.2) is 4.79 Å². The summed E-state index contributed by atoms with van der Waals surface area (Å²) in [6.45, 7) is 3.81. The summed E-state index contributed by atoms with van der Waals surface area (Å²) in [5.41, 5.74) is 3.07. The first-order valence-corrected chi connectivity index (χ1v) is 9.27. The van der Waals surface area contributed by atoms with Gasteiger partial charge in [0.2, 0.25) is 0 Å². The highest BCUT2D eigenvalue weighted by molar-refractivity contribution is 5.96. The lowest BCUT2D eigenvalue weighted by molar-refractivity contribution is -0.117. The molecular formula is C23H25NO5. The highest BCUT2D eigenvalue weighted by Crippen LogP contribution is 2.46. The van der Waals surface area contributed by atoms with E-state index >= 15 is 0 Å². The zero-order chi connectivity index (χ0) is 21.2. The van der Waals surface area contributed by atoms with E-state index in [1.165, 1.54) is 20.3 Å². The molecule has 2 aromatic carbocycles. The molecule has 0 unspecified atom stereocenters. The first-order chi connectivity index (χ1) is 13.8. The van der Waals surface area contributed by atoms with Gasteiger partial charge in [-0.3, -0.25) is 4.79 Å². The van der Waals surface area contributed by atoms with E-state index in [0.717, 1.165) is 16.9 Å². The minimum absolute atomic E-state index is 0.276. The quantitative estimate of drug-likeness (QED) is 0.548. The molecule has 3 rings (SSSR count). The fraction of sp³-hybridized carbons (Fsp3) is 0.304. The van der Waals surface area contributed by atoms with Gasteiger partial charge >= 0.3 is 5.97 Å². The maximum atomic E-state index is 12.5. The van der Waals surface area contributed by atoms with E-state index in [2.05, 4.69) is 19.9 Å². The van der Waals surface area contributed by atoms with Gasteiger partial charge in [0.05, 0.1) is 19.8 Å². The van der Waals surface area contributed by atoms with Crippen LogP contribution in [0.5, 0.6) is 11.5 Å². The number of nitrogens with zero attached hydrogens (tertiary/aromatic N) is 1. The lowest BCUT2D eigenvalue weighted by Crippen LogP contribution is -2.25. The molecule has 1 heterocycles. The van der Waals surface area contributed by atoms with Crippen molar-refractivity contribution in [3.05, 3.63) is 65.4 Å². The van der Waals surface area contributed by atoms with E-state index in [1.54, 1.807) is 18.2 Å². The highest BCUT2D eigenvalue weighted by Gasteiger charge is 2.38. The Labute approximate surface area is 170 Å². The number of para-hydroxylation sites is 1. The minimum Gasteiger partial charge on any atom is -0.493 e. The van der Waals surface area contributed by atoms with Gasteiger partial charge in [0.15, 0.2) is 23.9 Å². The van der Waals surface area contributed by atoms with Crippen molar-refractivity contribution in [2.24, 2.45) is 0 Å². The third-order valence-electron chi connectivity index (χ3n) is 5.20. The van der Waals surface area contributed by atoms with E-state index in [-0.39, 0.29) is 23.4 Å². The maximum Gasteiger partial charge on any atom is 0.338 e. The number of methoxy groups -OCH3 is 2. The average Bonchev–Trinajstić information content (AvgIpc) is 2.92. The van der Waals surface area contributed by atoms with Crippen LogP contribution in [-0.2, 0) is 14.9 Å². The molecule has 0 aliphatic carbocycles. The molecule has 0 N–H and O–H groups in total. The number of likely N-dealkylation sites (N-methyl/N-ethyl adjacent to an activating group) is 1. The first-order valence-electron chi connectivity index (χ1n) is 9.27. The van der Waals surface area contributed by atoms with Gasteiger partial charge < -0.3 is 19.1 Å². The summed E-state index contributed by atoms with van der Waals surface area (Å²) in [7, 11) is 4.94. The zero-order valence-corrected chi connectivity index (χ0v) is 17.3. The molecule has 0 aromatic heterocycles. The van der Waals surface area contributed by atoms with Crippen LogP contribution in [0.4, 0.5) is 5.69 Å². The summed E-state index contributed by atoms with van der Waals surface area (Å²) in [4.78, 5) is 26.8. The number of rotatable bonds is 6. The number of benzene rings is 2. The molecule has 0 saturated carbocycles. The summed E-state index contributed by atoms with van der Waals surface area (Å²) >= 11 is 0. The molecule has 29 heavy (non-hydrogen) atoms. The Bertz CT molecular complexity index is 977. The largest absolute Gasteiger partial charge is 0.493 e. The SMILES string of the molecule is COc1ccc(C(=O)OCC(=O)/C=C2/N(C)c3ccccc3C2(C)C)cc1OC. The van der Waals surface area contributed by atoms with Crippen LogP contribution in [0, 0.1) is 0 Å². The first kappa shape index (κ1) is 20.5. The van der Waals surface area contributed by atoms with Gasteiger partial charge in [-0.1, -0.05) is 32.0 Å². The molecule has 0 atom stereocenters. The third kappa shape index (κ3) is 3.83. The van der Waals surface area contributed by atoms with E-state index in [9.17, 15) is 9.59 Å². The van der Waals surface area contributed by atoms with Gasteiger partial charge in [0, 0.05) is 29.9 Å². The minimum atomic E-state index is -0.597. The molecule has 0 saturated heterocycles. The molecule has 152 valence electrons. The van der Waals surface area contributed by atoms with Crippen LogP contribution < -0.4 is 14.4 Å². The predicted molar refractivity (Wildman–Crippen MR) is 111 cm³/mol. The van der Waals surface area contributed by atoms with Crippen molar-refractivity contribution in [2.75, 3.05) is 32.8 Å². The predicted octanol–water partition coefficient (Wildman–Crippen LogP) is 3.74. The summed E-state index contributed by atoms with van der Waals surface area (Å²) < 4.78 is 15.6. The second kappa shape index (κ2) is 7.99. The molecule has 0 fully saturated rings. The number of anilines is 1. The van der Waals surface area contributed by atoms with Gasteiger partial charge in [-0.2, -0.15) is 0 Å². The summed E-state index contributed by atoms with van der Waals surface area (Å²) in [5.74, 6) is 0.0556. The van der Waals surface area contributed by atoms with E-state index in [4.69, 9.17) is 14.2 Å². The standard InChI is InChI=1S/C23H25NO5/c1-23(2)17-8-6-7-9-18(17)24(3)21(23)13-16(25)14-29-22(26)15-10-11-19(27-4)20(12-15)28-5/h6-13H,14H2,1-5H3/b21-13+. The smallest absolute Gasteiger partial charge is 0.338 e. The van der Waals surface area contributed by atoms with E-state index in [1.807, 2.05) is 30.1 Å². The number of carbonyl (C=O) groups is 2. The lowest BCUT2D eigenvalue weighted by atomic mass is 9.83. The van der Waals surface area contributed by atoms with E-state index < -0.39 is 5.97 Å². The topological polar surface area (TPSA) is 65.1 Å². The average molecular weight is 395 g/mol. The molecule has 0 radical (unpaired) electrons. The van der Waals surface area contributed by atoms with Crippen molar-refractivity contribution in [1.29, 1.82) is 0 Å². The Kier molecular flexibility index (Phi) is 5.64. The van der Waals surface area contributed by atoms with Crippen molar-refractivity contribution in [3.8, 4) is 11.5 Å². The number of allylic oxidation sites excluding steroid dienone is 1. The van der Waals surface area contributed by atoms with Crippen LogP contribution in [-0.4, -0.2) is 39.6 Å². The molecule has 6 nitrogen and oxygen atoms in total. The summed E-state index contributed by atoms with van der Waals surface area (Å²) in [5, 5.41) is 0. The van der Waals surface area contributed by atoms with Gasteiger partial charge in [-0.15, -0.1) is 0 Å². The second-order valence-electron chi connectivity index (χ2n) is 7.34. The fourth-order valence-corrected chi connectivity index (χ4v) is 3.64. The van der Waals surface area contributed by atoms with Crippen molar-refractivity contribution in [2.45, 2.75) is 19.3 Å². The second-order valence-corrected chi connectivity index (χ2v) is 7.34. The summed E-state index contributed by atoms with van der Waals surface area (Å²) in [6.07, 6.45) is 1.56. The van der Waals surface area contributed by atoms with Gasteiger partial charge in [0.25, 0.3) is 0 Å². The Hall–Kier alpha value is -3.28. The van der Waals surface area contributed by atoms with Crippen molar-refractivity contribution in [3.63, 3.8) is 0 Å². The number of ketones is 1. The van der Waals surface area contributed by atoms with Crippen molar-refractivity contribution in [1.82, 2.24) is 0 Å². The van der Waals surface area contributed by atoms with Crippen molar-refractivity contribution >= 4 is 17.4 Å². The summed E-state index contributed by atoms with van der Waals surface area (Å²) in [6, 6.07) is 12.8. The van der Waals surface area contributed by atoms with Crippen LogP contribution in [0.3, 0.4) is 0 Å². The normalized spacial score (nSPS) is 15.8. The van der Waals surface area contributed by atoms with E-state index in [0.29, 0.717) is 11.5 Å². The lowest BCUT2D eigenvalue weighted by Gasteiger charge is -2.23. The fourth-order valence-electron chi connectivity index (χ4n) is 3.64. The Balaban J connectivity index is 1.71. The zero-order valence-electron chi connectivity index (χ0n) is 17.3. The van der Waals surface area contributed by atoms with Crippen LogP contribution in [0.1, 0.15) is 29.8 Å². The molecule has 1 aliphatic heterocycles. The van der Waals surface area contributed by atoms with Gasteiger partial charge in [0.1, 0.15) is 0 Å². The maximum absolute atomic E-state index is 12.5. The molecular weight excluding hydrogens is 370 g/mol. The molecule has 0 spiro atoms. The highest BCUT2D eigenvalue weighted by atomic mass is 16.5. The Morgan fingerprint density at radius 2 is 1.72 bits per heavy atom. The number of ether oxygens (including phenoxy) is 3. The van der Waals surface area contributed by atoms with Crippen molar-refractivity contribution < 1.29 is 23.8 Å². The number of hydrogen-bond donors (Lipinski definition) is 0. The van der Waals surface area contributed by atoms with Crippen LogP contribution >= 0.6 is 0 Å². The monoisotopic (exact) mass is 395 g/mol. The molecule has 0 amide bonds. The number of esters is 1. The van der Waals surface area contributed by atoms with Crippen LogP contribution in [0.25, 0.3) is 0 Å². The number of fused-ring (bicyclic) bond motifs is 1. The molecule has 1 aliphatic rings. The van der Waals surface area contributed by atoms with Crippen LogP contribution in [0.2, 0.25) is 0 Å². The van der Waals surface area contributed by atoms with Crippen LogP contribution in [0.15, 0.2) is 54.2 Å². The third-order valence-corrected chi connectivity index (χ3v) is 5.20.